The van der Waals surface area contributed by atoms with Crippen molar-refractivity contribution in [1.29, 1.82) is 0 Å². The molecule has 0 aliphatic heterocycles. The van der Waals surface area contributed by atoms with Crippen LogP contribution in [0.25, 0.3) is 21.9 Å². The Morgan fingerprint density at radius 2 is 1.90 bits per heavy atom. The molecule has 0 aliphatic carbocycles. The van der Waals surface area contributed by atoms with Crippen molar-refractivity contribution in [1.82, 2.24) is 5.32 Å². The molecule has 1 unspecified atom stereocenters. The summed E-state index contributed by atoms with van der Waals surface area (Å²) < 4.78 is 11.2. The number of aryl methyl sites for hydroxylation is 1. The first-order valence-corrected chi connectivity index (χ1v) is 11.4. The maximum atomic E-state index is 12.6. The number of hydrogen-bond acceptors (Lipinski definition) is 6. The quantitative estimate of drug-likeness (QED) is 0.529. The zero-order valence-corrected chi connectivity index (χ0v) is 19.1. The van der Waals surface area contributed by atoms with Crippen molar-refractivity contribution in [3.8, 4) is 0 Å². The van der Waals surface area contributed by atoms with Gasteiger partial charge in [-0.2, -0.15) is 11.8 Å². The molecule has 0 bridgehead atoms. The molecular formula is C23H27NO6S. The van der Waals surface area contributed by atoms with Gasteiger partial charge in [-0.25, -0.2) is 9.59 Å². The van der Waals surface area contributed by atoms with Crippen LogP contribution in [0.1, 0.15) is 43.9 Å². The van der Waals surface area contributed by atoms with Crippen LogP contribution in [0.2, 0.25) is 0 Å². The van der Waals surface area contributed by atoms with E-state index in [1.807, 2.05) is 12.3 Å². The van der Waals surface area contributed by atoms with Crippen LogP contribution in [0.15, 0.2) is 32.0 Å². The first-order chi connectivity index (χ1) is 14.5. The van der Waals surface area contributed by atoms with Crippen LogP contribution < -0.4 is 10.9 Å². The number of fused-ring (bicyclic) bond motifs is 2. The summed E-state index contributed by atoms with van der Waals surface area (Å²) in [6.07, 6.45) is 3.64. The fourth-order valence-electron chi connectivity index (χ4n) is 3.59. The van der Waals surface area contributed by atoms with E-state index in [2.05, 4.69) is 26.1 Å². The number of thioether (sulfide) groups is 1. The molecule has 7 nitrogen and oxygen atoms in total. The van der Waals surface area contributed by atoms with Gasteiger partial charge in [0.15, 0.2) is 0 Å². The van der Waals surface area contributed by atoms with Crippen LogP contribution in [0.3, 0.4) is 0 Å². The van der Waals surface area contributed by atoms with Crippen LogP contribution >= 0.6 is 11.8 Å². The lowest BCUT2D eigenvalue weighted by molar-refractivity contribution is -0.141. The molecule has 31 heavy (non-hydrogen) atoms. The van der Waals surface area contributed by atoms with E-state index < -0.39 is 23.5 Å². The molecule has 0 saturated carbocycles. The average Bonchev–Trinajstić information content (AvgIpc) is 3.10. The molecule has 0 aliphatic rings. The summed E-state index contributed by atoms with van der Waals surface area (Å²) >= 11 is 1.50. The Labute approximate surface area is 184 Å². The monoisotopic (exact) mass is 445 g/mol. The molecule has 2 N–H and O–H groups in total. The minimum atomic E-state index is -1.10. The SMILES string of the molecule is CSCCC(NC(=O)Cc1c(C)c2cc3c(C(C)(C)C)coc3cc2oc1=O)C(=O)O. The molecule has 2 heterocycles. The second-order valence-electron chi connectivity index (χ2n) is 8.65. The Kier molecular flexibility index (Phi) is 6.50. The van der Waals surface area contributed by atoms with Gasteiger partial charge in [0, 0.05) is 22.4 Å². The number of benzene rings is 1. The van der Waals surface area contributed by atoms with Gasteiger partial charge in [0.2, 0.25) is 5.91 Å². The van der Waals surface area contributed by atoms with Crippen LogP contribution in [0.5, 0.6) is 0 Å². The molecule has 1 aromatic carbocycles. The fourth-order valence-corrected chi connectivity index (χ4v) is 4.07. The highest BCUT2D eigenvalue weighted by Crippen LogP contribution is 2.35. The molecule has 0 spiro atoms. The van der Waals surface area contributed by atoms with E-state index in [-0.39, 0.29) is 17.4 Å². The Morgan fingerprint density at radius 3 is 2.52 bits per heavy atom. The third kappa shape index (κ3) is 4.79. The largest absolute Gasteiger partial charge is 0.480 e. The van der Waals surface area contributed by atoms with Crippen molar-refractivity contribution in [2.24, 2.45) is 0 Å². The molecule has 1 atom stereocenters. The molecule has 0 fully saturated rings. The van der Waals surface area contributed by atoms with Crippen molar-refractivity contribution < 1.29 is 23.5 Å². The van der Waals surface area contributed by atoms with Gasteiger partial charge in [-0.15, -0.1) is 0 Å². The summed E-state index contributed by atoms with van der Waals surface area (Å²) in [6, 6.07) is 2.63. The number of amides is 1. The Hall–Kier alpha value is -2.74. The number of furan rings is 1. The summed E-state index contributed by atoms with van der Waals surface area (Å²) in [6.45, 7) is 8.04. The maximum Gasteiger partial charge on any atom is 0.340 e. The van der Waals surface area contributed by atoms with E-state index in [1.165, 1.54) is 11.8 Å². The highest BCUT2D eigenvalue weighted by atomic mass is 32.2. The van der Waals surface area contributed by atoms with Gasteiger partial charge >= 0.3 is 11.6 Å². The number of carboxylic acids is 1. The minimum Gasteiger partial charge on any atom is -0.480 e. The van der Waals surface area contributed by atoms with Crippen molar-refractivity contribution in [2.45, 2.75) is 52.0 Å². The summed E-state index contributed by atoms with van der Waals surface area (Å²) in [5.74, 6) is -1.02. The lowest BCUT2D eigenvalue weighted by Gasteiger charge is -2.17. The Bertz CT molecular complexity index is 1200. The average molecular weight is 446 g/mol. The topological polar surface area (TPSA) is 110 Å². The molecule has 3 aromatic rings. The molecule has 2 aromatic heterocycles. The smallest absolute Gasteiger partial charge is 0.340 e. The van der Waals surface area contributed by atoms with E-state index in [4.69, 9.17) is 8.83 Å². The molecule has 3 rings (SSSR count). The molecule has 0 saturated heterocycles. The van der Waals surface area contributed by atoms with Gasteiger partial charge in [0.1, 0.15) is 17.2 Å². The second kappa shape index (κ2) is 8.78. The molecule has 1 amide bonds. The molecule has 8 heteroatoms. The zero-order chi connectivity index (χ0) is 22.9. The normalized spacial score (nSPS) is 12.9. The lowest BCUT2D eigenvalue weighted by Crippen LogP contribution is -2.42. The number of carbonyl (C=O) groups excluding carboxylic acids is 1. The number of hydrogen-bond donors (Lipinski definition) is 2. The van der Waals surface area contributed by atoms with Gasteiger partial charge < -0.3 is 19.3 Å². The van der Waals surface area contributed by atoms with Gasteiger partial charge in [0.05, 0.1) is 18.2 Å². The first kappa shape index (κ1) is 22.9. The maximum absolute atomic E-state index is 12.6. The van der Waals surface area contributed by atoms with Crippen molar-refractivity contribution in [3.63, 3.8) is 0 Å². The van der Waals surface area contributed by atoms with Gasteiger partial charge in [-0.1, -0.05) is 20.8 Å². The third-order valence-electron chi connectivity index (χ3n) is 5.37. The lowest BCUT2D eigenvalue weighted by atomic mass is 9.86. The molecular weight excluding hydrogens is 418 g/mol. The molecule has 166 valence electrons. The second-order valence-corrected chi connectivity index (χ2v) is 9.64. The standard InChI is InChI=1S/C23H27NO6S/c1-12-13-8-15-16(23(2,3)4)11-29-18(15)10-19(13)30-22(28)14(12)9-20(25)24-17(21(26)27)6-7-31-5/h8,10-11,17H,6-7,9H2,1-5H3,(H,24,25)(H,26,27). The van der Waals surface area contributed by atoms with Crippen LogP contribution in [-0.2, 0) is 21.4 Å². The van der Waals surface area contributed by atoms with Crippen molar-refractivity contribution >= 4 is 45.6 Å². The summed E-state index contributed by atoms with van der Waals surface area (Å²) in [5.41, 5.74) is 2.17. The van der Waals surface area contributed by atoms with Gasteiger partial charge in [0.25, 0.3) is 0 Å². The summed E-state index contributed by atoms with van der Waals surface area (Å²) in [7, 11) is 0. The van der Waals surface area contributed by atoms with Crippen molar-refractivity contribution in [3.05, 3.63) is 45.5 Å². The minimum absolute atomic E-state index is 0.131. The van der Waals surface area contributed by atoms with Gasteiger partial charge in [-0.05, 0) is 42.4 Å². The number of nitrogens with one attached hydrogen (secondary N) is 1. The molecule has 0 radical (unpaired) electrons. The highest BCUT2D eigenvalue weighted by Gasteiger charge is 2.24. The number of aliphatic carboxylic acids is 1. The van der Waals surface area contributed by atoms with Gasteiger partial charge in [-0.3, -0.25) is 4.79 Å². The number of rotatable bonds is 7. The summed E-state index contributed by atoms with van der Waals surface area (Å²) in [4.78, 5) is 36.5. The van der Waals surface area contributed by atoms with E-state index in [0.29, 0.717) is 28.9 Å². The summed E-state index contributed by atoms with van der Waals surface area (Å²) in [5, 5.41) is 13.5. The van der Waals surface area contributed by atoms with E-state index in [9.17, 15) is 19.5 Å². The highest BCUT2D eigenvalue weighted by molar-refractivity contribution is 7.98. The van der Waals surface area contributed by atoms with E-state index in [0.717, 1.165) is 16.3 Å². The Morgan fingerprint density at radius 1 is 1.19 bits per heavy atom. The number of carbonyl (C=O) groups is 2. The number of carboxylic acid groups (broad SMARTS) is 1. The van der Waals surface area contributed by atoms with E-state index in [1.54, 1.807) is 19.3 Å². The first-order valence-electron chi connectivity index (χ1n) is 10.0. The fraction of sp³-hybridized carbons (Fsp3) is 0.435. The zero-order valence-electron chi connectivity index (χ0n) is 18.3. The van der Waals surface area contributed by atoms with Crippen LogP contribution in [0.4, 0.5) is 0 Å². The predicted octanol–water partition coefficient (Wildman–Crippen LogP) is 4.01. The van der Waals surface area contributed by atoms with Crippen LogP contribution in [-0.4, -0.2) is 35.0 Å². The van der Waals surface area contributed by atoms with Crippen molar-refractivity contribution in [2.75, 3.05) is 12.0 Å². The van der Waals surface area contributed by atoms with Crippen LogP contribution in [0, 0.1) is 6.92 Å². The predicted molar refractivity (Wildman–Crippen MR) is 122 cm³/mol. The Balaban J connectivity index is 1.99. The third-order valence-corrected chi connectivity index (χ3v) is 6.01. The van der Waals surface area contributed by atoms with E-state index >= 15 is 0 Å².